The van der Waals surface area contributed by atoms with Crippen LogP contribution >= 0.6 is 0 Å². The molecule has 6 heteroatoms. The lowest BCUT2D eigenvalue weighted by molar-refractivity contribution is 0.633. The van der Waals surface area contributed by atoms with Crippen LogP contribution in [0.5, 0.6) is 0 Å². The molecule has 0 bridgehead atoms. The summed E-state index contributed by atoms with van der Waals surface area (Å²) in [6.07, 6.45) is 3.28. The Hall–Kier alpha value is -2.09. The standard InChI is InChI=1S/C9H10N6/c10-6-9(13-4-5-14-15-11)8-2-1-3-12-7-8/h1-3,7,9,13H,4-5H2. The van der Waals surface area contributed by atoms with Crippen molar-refractivity contribution in [3.63, 3.8) is 0 Å². The number of pyridine rings is 1. The lowest BCUT2D eigenvalue weighted by Gasteiger charge is -2.09. The van der Waals surface area contributed by atoms with Gasteiger partial charge in [-0.1, -0.05) is 11.2 Å². The molecule has 0 radical (unpaired) electrons. The number of azide groups is 1. The minimum atomic E-state index is -0.410. The molecule has 0 aromatic carbocycles. The largest absolute Gasteiger partial charge is 0.298 e. The van der Waals surface area contributed by atoms with Crippen molar-refractivity contribution in [3.8, 4) is 6.07 Å². The molecule has 6 nitrogen and oxygen atoms in total. The number of nitriles is 1. The van der Waals surface area contributed by atoms with Gasteiger partial charge in [-0.05, 0) is 11.6 Å². The van der Waals surface area contributed by atoms with E-state index in [1.54, 1.807) is 18.5 Å². The second-order valence-electron chi connectivity index (χ2n) is 2.76. The minimum absolute atomic E-state index is 0.328. The highest BCUT2D eigenvalue weighted by atomic mass is 15.1. The molecule has 1 heterocycles. The van der Waals surface area contributed by atoms with Crippen molar-refractivity contribution in [1.82, 2.24) is 10.3 Å². The quantitative estimate of drug-likeness (QED) is 0.339. The second kappa shape index (κ2) is 6.38. The topological polar surface area (TPSA) is 97.5 Å². The van der Waals surface area contributed by atoms with Gasteiger partial charge in [-0.25, -0.2) is 0 Å². The van der Waals surface area contributed by atoms with Crippen LogP contribution in [0.3, 0.4) is 0 Å². The molecular formula is C9H10N6. The van der Waals surface area contributed by atoms with Gasteiger partial charge in [-0.15, -0.1) is 0 Å². The number of hydrogen-bond acceptors (Lipinski definition) is 4. The summed E-state index contributed by atoms with van der Waals surface area (Å²) in [7, 11) is 0. The Bertz CT molecular complexity index is 375. The summed E-state index contributed by atoms with van der Waals surface area (Å²) in [4.78, 5) is 6.55. The molecular weight excluding hydrogens is 192 g/mol. The molecule has 0 saturated carbocycles. The lowest BCUT2D eigenvalue weighted by Crippen LogP contribution is -2.22. The van der Waals surface area contributed by atoms with Crippen LogP contribution in [0.15, 0.2) is 29.6 Å². The molecule has 1 atom stereocenters. The Labute approximate surface area is 87.2 Å². The number of rotatable bonds is 5. The maximum atomic E-state index is 8.89. The fourth-order valence-corrected chi connectivity index (χ4v) is 1.09. The summed E-state index contributed by atoms with van der Waals surface area (Å²) in [5.74, 6) is 0. The van der Waals surface area contributed by atoms with Crippen LogP contribution in [0.1, 0.15) is 11.6 Å². The molecule has 15 heavy (non-hydrogen) atoms. The summed E-state index contributed by atoms with van der Waals surface area (Å²) in [6.45, 7) is 0.798. The lowest BCUT2D eigenvalue weighted by atomic mass is 10.1. The van der Waals surface area contributed by atoms with E-state index < -0.39 is 6.04 Å². The van der Waals surface area contributed by atoms with Crippen molar-refractivity contribution in [3.05, 3.63) is 40.5 Å². The highest BCUT2D eigenvalue weighted by Crippen LogP contribution is 2.08. The van der Waals surface area contributed by atoms with Crippen LogP contribution in [0, 0.1) is 11.3 Å². The SMILES string of the molecule is N#CC(NCCN=[N+]=[N-])c1cccnc1. The van der Waals surface area contributed by atoms with Crippen LogP contribution in [0.2, 0.25) is 0 Å². The molecule has 0 aliphatic carbocycles. The van der Waals surface area contributed by atoms with E-state index in [9.17, 15) is 0 Å². The van der Waals surface area contributed by atoms with Gasteiger partial charge in [0.25, 0.3) is 0 Å². The maximum absolute atomic E-state index is 8.89. The smallest absolute Gasteiger partial charge is 0.122 e. The van der Waals surface area contributed by atoms with E-state index in [0.29, 0.717) is 13.1 Å². The first kappa shape index (κ1) is 11.0. The second-order valence-corrected chi connectivity index (χ2v) is 2.76. The number of hydrogen-bond donors (Lipinski definition) is 1. The van der Waals surface area contributed by atoms with Gasteiger partial charge in [-0.3, -0.25) is 10.3 Å². The average molecular weight is 202 g/mol. The van der Waals surface area contributed by atoms with Gasteiger partial charge in [-0.2, -0.15) is 5.26 Å². The fourth-order valence-electron chi connectivity index (χ4n) is 1.09. The summed E-state index contributed by atoms with van der Waals surface area (Å²) >= 11 is 0. The van der Waals surface area contributed by atoms with Crippen molar-refractivity contribution in [2.75, 3.05) is 13.1 Å². The molecule has 1 aromatic heterocycles. The number of nitrogens with zero attached hydrogens (tertiary/aromatic N) is 5. The van der Waals surface area contributed by atoms with E-state index in [4.69, 9.17) is 10.8 Å². The predicted molar refractivity (Wildman–Crippen MR) is 54.6 cm³/mol. The molecule has 0 spiro atoms. The van der Waals surface area contributed by atoms with Crippen LogP contribution < -0.4 is 5.32 Å². The number of nitrogens with one attached hydrogen (secondary N) is 1. The summed E-state index contributed by atoms with van der Waals surface area (Å²) in [5.41, 5.74) is 8.87. The molecule has 0 saturated heterocycles. The normalized spacial score (nSPS) is 11.1. The molecule has 1 unspecified atom stereocenters. The summed E-state index contributed by atoms with van der Waals surface area (Å²) in [5, 5.41) is 15.2. The third kappa shape index (κ3) is 3.65. The van der Waals surface area contributed by atoms with Gasteiger partial charge < -0.3 is 0 Å². The number of aromatic nitrogens is 1. The Kier molecular flexibility index (Phi) is 4.67. The Morgan fingerprint density at radius 3 is 3.20 bits per heavy atom. The van der Waals surface area contributed by atoms with Gasteiger partial charge >= 0.3 is 0 Å². The first-order valence-electron chi connectivity index (χ1n) is 4.42. The van der Waals surface area contributed by atoms with Gasteiger partial charge in [0.2, 0.25) is 0 Å². The minimum Gasteiger partial charge on any atom is -0.298 e. The van der Waals surface area contributed by atoms with Crippen LogP contribution in [0.25, 0.3) is 10.4 Å². The third-order valence-corrected chi connectivity index (χ3v) is 1.77. The Balaban J connectivity index is 2.51. The van der Waals surface area contributed by atoms with E-state index in [1.807, 2.05) is 6.07 Å². The molecule has 0 fully saturated rings. The summed E-state index contributed by atoms with van der Waals surface area (Å²) in [6, 6.07) is 5.29. The average Bonchev–Trinajstić information content (AvgIpc) is 2.30. The van der Waals surface area contributed by atoms with Crippen molar-refractivity contribution in [2.24, 2.45) is 5.11 Å². The Morgan fingerprint density at radius 2 is 2.60 bits per heavy atom. The maximum Gasteiger partial charge on any atom is 0.122 e. The molecule has 76 valence electrons. The highest BCUT2D eigenvalue weighted by molar-refractivity contribution is 5.19. The fraction of sp³-hybridized carbons (Fsp3) is 0.333. The molecule has 1 N–H and O–H groups in total. The zero-order valence-electron chi connectivity index (χ0n) is 8.04. The van der Waals surface area contributed by atoms with E-state index in [-0.39, 0.29) is 0 Å². The van der Waals surface area contributed by atoms with Gasteiger partial charge in [0, 0.05) is 36.0 Å². The zero-order valence-corrected chi connectivity index (χ0v) is 8.04. The van der Waals surface area contributed by atoms with Gasteiger partial charge in [0.15, 0.2) is 0 Å². The first-order valence-corrected chi connectivity index (χ1v) is 4.42. The van der Waals surface area contributed by atoms with Gasteiger partial charge in [0.1, 0.15) is 6.04 Å². The van der Waals surface area contributed by atoms with Crippen molar-refractivity contribution >= 4 is 0 Å². The highest BCUT2D eigenvalue weighted by Gasteiger charge is 2.07. The van der Waals surface area contributed by atoms with Crippen LogP contribution in [-0.2, 0) is 0 Å². The van der Waals surface area contributed by atoms with E-state index >= 15 is 0 Å². The zero-order chi connectivity index (χ0) is 10.9. The monoisotopic (exact) mass is 202 g/mol. The predicted octanol–water partition coefficient (Wildman–Crippen LogP) is 1.55. The van der Waals surface area contributed by atoms with Crippen LogP contribution in [-0.4, -0.2) is 18.1 Å². The Morgan fingerprint density at radius 1 is 1.73 bits per heavy atom. The van der Waals surface area contributed by atoms with Crippen molar-refractivity contribution in [1.29, 1.82) is 5.26 Å². The van der Waals surface area contributed by atoms with Crippen molar-refractivity contribution in [2.45, 2.75) is 6.04 Å². The van der Waals surface area contributed by atoms with E-state index in [2.05, 4.69) is 26.4 Å². The molecule has 0 aliphatic heterocycles. The molecule has 1 aromatic rings. The summed E-state index contributed by atoms with van der Waals surface area (Å²) < 4.78 is 0. The van der Waals surface area contributed by atoms with E-state index in [1.165, 1.54) is 0 Å². The molecule has 1 rings (SSSR count). The van der Waals surface area contributed by atoms with Crippen LogP contribution in [0.4, 0.5) is 0 Å². The van der Waals surface area contributed by atoms with Crippen molar-refractivity contribution < 1.29 is 0 Å². The molecule has 0 amide bonds. The third-order valence-electron chi connectivity index (χ3n) is 1.77. The van der Waals surface area contributed by atoms with E-state index in [0.717, 1.165) is 5.56 Å². The van der Waals surface area contributed by atoms with Gasteiger partial charge in [0.05, 0.1) is 6.07 Å². The first-order chi connectivity index (χ1) is 7.38. The molecule has 0 aliphatic rings.